The number of guanidine groups is 1. The van der Waals surface area contributed by atoms with Crippen molar-refractivity contribution in [3.8, 4) is 0 Å². The van der Waals surface area contributed by atoms with Gasteiger partial charge in [0.1, 0.15) is 0 Å². The Hall–Kier alpha value is -1.92. The van der Waals surface area contributed by atoms with Gasteiger partial charge in [0.05, 0.1) is 22.8 Å². The lowest BCUT2D eigenvalue weighted by Crippen LogP contribution is -2.38. The summed E-state index contributed by atoms with van der Waals surface area (Å²) < 4.78 is 0.809. The van der Waals surface area contributed by atoms with E-state index < -0.39 is 0 Å². The molecule has 112 valence electrons. The Kier molecular flexibility index (Phi) is 4.40. The summed E-state index contributed by atoms with van der Waals surface area (Å²) in [6, 6.07) is 8.95. The maximum absolute atomic E-state index is 12.5. The molecule has 0 atom stereocenters. The smallest absolute Gasteiger partial charge is 0.262 e. The van der Waals surface area contributed by atoms with E-state index in [1.807, 2.05) is 12.1 Å². The summed E-state index contributed by atoms with van der Waals surface area (Å²) in [5.41, 5.74) is 1.21. The summed E-state index contributed by atoms with van der Waals surface area (Å²) in [7, 11) is 0. The third-order valence-electron chi connectivity index (χ3n) is 3.19. The highest BCUT2D eigenvalue weighted by Crippen LogP contribution is 2.30. The first-order valence-electron chi connectivity index (χ1n) is 6.64. The van der Waals surface area contributed by atoms with Crippen LogP contribution in [-0.4, -0.2) is 34.8 Å². The molecule has 1 aromatic carbocycles. The minimum Gasteiger partial charge on any atom is -0.324 e. The molecule has 0 spiro atoms. The van der Waals surface area contributed by atoms with Crippen molar-refractivity contribution in [1.82, 2.24) is 9.88 Å². The van der Waals surface area contributed by atoms with Crippen molar-refractivity contribution in [1.29, 1.82) is 0 Å². The number of carbonyl (C=O) groups excluding carboxylic acids is 1. The first kappa shape index (κ1) is 15.0. The Labute approximate surface area is 141 Å². The SMILES string of the molecule is O=C(c1cccnc1)N1CCN=C1Nc1c(Cl)cccc1Br. The lowest BCUT2D eigenvalue weighted by atomic mass is 10.2. The first-order valence-corrected chi connectivity index (χ1v) is 7.81. The fraction of sp³-hybridized carbons (Fsp3) is 0.133. The van der Waals surface area contributed by atoms with Crippen molar-refractivity contribution in [3.63, 3.8) is 0 Å². The molecular weight excluding hydrogens is 368 g/mol. The van der Waals surface area contributed by atoms with Gasteiger partial charge in [-0.1, -0.05) is 17.7 Å². The second-order valence-corrected chi connectivity index (χ2v) is 5.89. The van der Waals surface area contributed by atoms with Gasteiger partial charge < -0.3 is 5.32 Å². The van der Waals surface area contributed by atoms with Crippen molar-refractivity contribution in [2.45, 2.75) is 0 Å². The average molecular weight is 380 g/mol. The van der Waals surface area contributed by atoms with E-state index in [0.29, 0.717) is 35.3 Å². The number of hydrogen-bond donors (Lipinski definition) is 1. The van der Waals surface area contributed by atoms with Gasteiger partial charge in [-0.2, -0.15) is 0 Å². The lowest BCUT2D eigenvalue weighted by Gasteiger charge is -2.20. The molecule has 0 aliphatic carbocycles. The van der Waals surface area contributed by atoms with Crippen molar-refractivity contribution in [2.75, 3.05) is 18.4 Å². The number of anilines is 1. The molecule has 1 aliphatic heterocycles. The highest BCUT2D eigenvalue weighted by molar-refractivity contribution is 9.10. The fourth-order valence-electron chi connectivity index (χ4n) is 2.13. The third kappa shape index (κ3) is 2.98. The van der Waals surface area contributed by atoms with Crippen LogP contribution in [0.1, 0.15) is 10.4 Å². The van der Waals surface area contributed by atoms with Crippen LogP contribution in [0.15, 0.2) is 52.2 Å². The van der Waals surface area contributed by atoms with E-state index >= 15 is 0 Å². The zero-order valence-electron chi connectivity index (χ0n) is 11.5. The van der Waals surface area contributed by atoms with Gasteiger partial charge in [0.25, 0.3) is 5.91 Å². The van der Waals surface area contributed by atoms with Gasteiger partial charge in [0, 0.05) is 23.4 Å². The molecule has 2 aromatic rings. The number of amides is 1. The number of nitrogens with one attached hydrogen (secondary N) is 1. The number of pyridine rings is 1. The molecule has 1 N–H and O–H groups in total. The Balaban J connectivity index is 1.84. The predicted molar refractivity (Wildman–Crippen MR) is 90.4 cm³/mol. The highest BCUT2D eigenvalue weighted by atomic mass is 79.9. The van der Waals surface area contributed by atoms with Gasteiger partial charge in [0.2, 0.25) is 5.96 Å². The molecule has 0 radical (unpaired) electrons. The topological polar surface area (TPSA) is 57.6 Å². The molecule has 5 nitrogen and oxygen atoms in total. The maximum atomic E-state index is 12.5. The average Bonchev–Trinajstić information content (AvgIpc) is 2.99. The van der Waals surface area contributed by atoms with Crippen LogP contribution >= 0.6 is 27.5 Å². The Morgan fingerprint density at radius 1 is 1.32 bits per heavy atom. The molecule has 1 amide bonds. The van der Waals surface area contributed by atoms with Crippen LogP contribution in [0.4, 0.5) is 5.69 Å². The molecule has 2 heterocycles. The largest absolute Gasteiger partial charge is 0.324 e. The van der Waals surface area contributed by atoms with E-state index in [-0.39, 0.29) is 5.91 Å². The number of para-hydroxylation sites is 1. The Morgan fingerprint density at radius 3 is 2.91 bits per heavy atom. The number of benzene rings is 1. The van der Waals surface area contributed by atoms with Crippen LogP contribution in [0, 0.1) is 0 Å². The zero-order chi connectivity index (χ0) is 15.5. The molecule has 1 aromatic heterocycles. The third-order valence-corrected chi connectivity index (χ3v) is 4.17. The highest BCUT2D eigenvalue weighted by Gasteiger charge is 2.25. The number of carbonyl (C=O) groups is 1. The fourth-order valence-corrected chi connectivity index (χ4v) is 2.93. The molecule has 1 aliphatic rings. The summed E-state index contributed by atoms with van der Waals surface area (Å²) in [5, 5.41) is 3.69. The van der Waals surface area contributed by atoms with Gasteiger partial charge in [-0.25, -0.2) is 0 Å². The number of halogens is 2. The van der Waals surface area contributed by atoms with Crippen LogP contribution in [0.5, 0.6) is 0 Å². The van der Waals surface area contributed by atoms with Crippen molar-refractivity contribution in [3.05, 3.63) is 57.8 Å². The van der Waals surface area contributed by atoms with Crippen molar-refractivity contribution < 1.29 is 4.79 Å². The number of aliphatic imine (C=N–C) groups is 1. The van der Waals surface area contributed by atoms with E-state index in [2.05, 4.69) is 31.2 Å². The molecule has 0 saturated heterocycles. The van der Waals surface area contributed by atoms with Crippen molar-refractivity contribution in [2.24, 2.45) is 4.99 Å². The van der Waals surface area contributed by atoms with E-state index in [1.54, 1.807) is 35.5 Å². The molecule has 0 unspecified atom stereocenters. The van der Waals surface area contributed by atoms with Crippen LogP contribution in [-0.2, 0) is 0 Å². The number of nitrogens with zero attached hydrogens (tertiary/aromatic N) is 3. The molecular formula is C15H12BrClN4O. The van der Waals surface area contributed by atoms with Crippen LogP contribution in [0.2, 0.25) is 5.02 Å². The summed E-state index contributed by atoms with van der Waals surface area (Å²) in [6.45, 7) is 1.08. The van der Waals surface area contributed by atoms with Gasteiger partial charge in [-0.05, 0) is 40.2 Å². The van der Waals surface area contributed by atoms with E-state index in [9.17, 15) is 4.79 Å². The zero-order valence-corrected chi connectivity index (χ0v) is 13.8. The molecule has 0 fully saturated rings. The minimum absolute atomic E-state index is 0.139. The van der Waals surface area contributed by atoms with Gasteiger partial charge in [0.15, 0.2) is 0 Å². The summed E-state index contributed by atoms with van der Waals surface area (Å²) in [4.78, 5) is 22.5. The first-order chi connectivity index (χ1) is 10.7. The predicted octanol–water partition coefficient (Wildman–Crippen LogP) is 3.42. The number of hydrogen-bond acceptors (Lipinski definition) is 4. The van der Waals surface area contributed by atoms with Gasteiger partial charge in [-0.15, -0.1) is 0 Å². The second-order valence-electron chi connectivity index (χ2n) is 4.63. The van der Waals surface area contributed by atoms with E-state index in [1.165, 1.54) is 0 Å². The van der Waals surface area contributed by atoms with Gasteiger partial charge in [-0.3, -0.25) is 19.7 Å². The summed E-state index contributed by atoms with van der Waals surface area (Å²) >= 11 is 9.63. The Bertz CT molecular complexity index is 715. The lowest BCUT2D eigenvalue weighted by molar-refractivity contribution is 0.0857. The Morgan fingerprint density at radius 2 is 2.18 bits per heavy atom. The molecule has 0 bridgehead atoms. The maximum Gasteiger partial charge on any atom is 0.262 e. The van der Waals surface area contributed by atoms with Gasteiger partial charge >= 0.3 is 0 Å². The molecule has 22 heavy (non-hydrogen) atoms. The minimum atomic E-state index is -0.139. The monoisotopic (exact) mass is 378 g/mol. The van der Waals surface area contributed by atoms with E-state index in [0.717, 1.165) is 4.47 Å². The van der Waals surface area contributed by atoms with Crippen molar-refractivity contribution >= 4 is 45.1 Å². The second kappa shape index (κ2) is 6.46. The van der Waals surface area contributed by atoms with E-state index in [4.69, 9.17) is 11.6 Å². The quantitative estimate of drug-likeness (QED) is 0.870. The van der Waals surface area contributed by atoms with Crippen LogP contribution in [0.3, 0.4) is 0 Å². The number of rotatable bonds is 2. The summed E-state index contributed by atoms with van der Waals surface area (Å²) in [5.74, 6) is 0.350. The molecule has 7 heteroatoms. The molecule has 3 rings (SSSR count). The normalized spacial score (nSPS) is 13.9. The molecule has 0 saturated carbocycles. The number of aromatic nitrogens is 1. The standard InChI is InChI=1S/C15H12BrClN4O/c16-11-4-1-5-12(17)13(11)20-15-19-7-8-21(15)14(22)10-3-2-6-18-9-10/h1-6,9H,7-8H2,(H,19,20). The summed E-state index contributed by atoms with van der Waals surface area (Å²) in [6.07, 6.45) is 3.18. The van der Waals surface area contributed by atoms with Crippen LogP contribution in [0.25, 0.3) is 0 Å². The van der Waals surface area contributed by atoms with Crippen LogP contribution < -0.4 is 5.32 Å².